The summed E-state index contributed by atoms with van der Waals surface area (Å²) in [6.45, 7) is 5.19. The molecule has 130 valence electrons. The third-order valence-corrected chi connectivity index (χ3v) is 4.89. The Morgan fingerprint density at radius 2 is 1.76 bits per heavy atom. The Kier molecular flexibility index (Phi) is 5.29. The van der Waals surface area contributed by atoms with Crippen molar-refractivity contribution in [1.29, 1.82) is 0 Å². The molecule has 1 heterocycles. The molecule has 1 aliphatic heterocycles. The average Bonchev–Trinajstić information content (AvgIpc) is 2.79. The minimum absolute atomic E-state index is 0.336. The number of carbonyl (C=O) groups excluding carboxylic acids is 2. The maximum Gasteiger partial charge on any atom is 0.299 e. The van der Waals surface area contributed by atoms with Crippen LogP contribution in [-0.4, -0.2) is 18.3 Å². The highest BCUT2D eigenvalue weighted by Crippen LogP contribution is 2.39. The van der Waals surface area contributed by atoms with E-state index in [9.17, 15) is 9.59 Å². The molecule has 3 rings (SSSR count). The summed E-state index contributed by atoms with van der Waals surface area (Å²) in [6.07, 6.45) is 0. The first-order chi connectivity index (χ1) is 11.9. The van der Waals surface area contributed by atoms with Crippen LogP contribution >= 0.6 is 31.9 Å². The summed E-state index contributed by atoms with van der Waals surface area (Å²) in [4.78, 5) is 26.2. The van der Waals surface area contributed by atoms with Crippen molar-refractivity contribution in [2.75, 3.05) is 11.5 Å². The second-order valence-electron chi connectivity index (χ2n) is 6.35. The van der Waals surface area contributed by atoms with Gasteiger partial charge in [-0.3, -0.25) is 14.5 Å². The van der Waals surface area contributed by atoms with E-state index in [1.54, 1.807) is 6.07 Å². The van der Waals surface area contributed by atoms with E-state index in [4.69, 9.17) is 4.74 Å². The van der Waals surface area contributed by atoms with E-state index in [1.807, 2.05) is 30.3 Å². The van der Waals surface area contributed by atoms with Gasteiger partial charge in [-0.2, -0.15) is 0 Å². The molecule has 0 aliphatic carbocycles. The number of benzene rings is 2. The summed E-state index contributed by atoms with van der Waals surface area (Å²) in [6, 6.07) is 11.1. The van der Waals surface area contributed by atoms with Gasteiger partial charge in [-0.25, -0.2) is 0 Å². The molecule has 0 fully saturated rings. The van der Waals surface area contributed by atoms with Gasteiger partial charge in [0.1, 0.15) is 5.75 Å². The van der Waals surface area contributed by atoms with E-state index in [0.717, 1.165) is 15.8 Å². The van der Waals surface area contributed by atoms with Gasteiger partial charge in [-0.1, -0.05) is 41.9 Å². The topological polar surface area (TPSA) is 46.6 Å². The summed E-state index contributed by atoms with van der Waals surface area (Å²) in [5.41, 5.74) is 1.97. The van der Waals surface area contributed by atoms with Crippen LogP contribution in [0.2, 0.25) is 0 Å². The molecule has 6 heteroatoms. The highest BCUT2D eigenvalue weighted by molar-refractivity contribution is 9.11. The Hall–Kier alpha value is -1.66. The molecule has 1 aliphatic rings. The lowest BCUT2D eigenvalue weighted by molar-refractivity contribution is -0.114. The zero-order chi connectivity index (χ0) is 18.1. The zero-order valence-electron chi connectivity index (χ0n) is 13.9. The predicted octanol–water partition coefficient (Wildman–Crippen LogP) is 4.98. The highest BCUT2D eigenvalue weighted by Gasteiger charge is 2.37. The van der Waals surface area contributed by atoms with Crippen LogP contribution in [0.25, 0.3) is 0 Å². The molecule has 2 aromatic carbocycles. The third-order valence-electron chi connectivity index (χ3n) is 3.83. The molecule has 0 spiro atoms. The monoisotopic (exact) mass is 465 g/mol. The third kappa shape index (κ3) is 3.80. The number of rotatable bonds is 5. The molecule has 0 aromatic heterocycles. The lowest BCUT2D eigenvalue weighted by atomic mass is 10.1. The van der Waals surface area contributed by atoms with Crippen LogP contribution in [0.5, 0.6) is 5.75 Å². The van der Waals surface area contributed by atoms with E-state index in [2.05, 4.69) is 45.7 Å². The predicted molar refractivity (Wildman–Crippen MR) is 104 cm³/mol. The van der Waals surface area contributed by atoms with Gasteiger partial charge >= 0.3 is 0 Å². The normalized spacial score (nSPS) is 13.6. The van der Waals surface area contributed by atoms with Crippen LogP contribution in [0.15, 0.2) is 45.3 Å². The molecule has 1 amide bonds. The summed E-state index contributed by atoms with van der Waals surface area (Å²) in [7, 11) is 0. The molecule has 0 saturated heterocycles. The van der Waals surface area contributed by atoms with Crippen LogP contribution in [0.4, 0.5) is 5.69 Å². The number of ketones is 1. The van der Waals surface area contributed by atoms with Crippen LogP contribution in [0, 0.1) is 5.92 Å². The molecule has 4 nitrogen and oxygen atoms in total. The van der Waals surface area contributed by atoms with Crippen molar-refractivity contribution in [3.05, 3.63) is 56.5 Å². The lowest BCUT2D eigenvalue weighted by Crippen LogP contribution is -2.29. The van der Waals surface area contributed by atoms with Crippen molar-refractivity contribution < 1.29 is 14.3 Å². The number of anilines is 1. The first kappa shape index (κ1) is 18.1. The van der Waals surface area contributed by atoms with Gasteiger partial charge in [0.2, 0.25) is 0 Å². The molecule has 0 atom stereocenters. The minimum atomic E-state index is -0.506. The van der Waals surface area contributed by atoms with Gasteiger partial charge in [0.15, 0.2) is 0 Å². The van der Waals surface area contributed by atoms with Crippen molar-refractivity contribution in [2.45, 2.75) is 20.4 Å². The summed E-state index contributed by atoms with van der Waals surface area (Å²) in [5, 5.41) is 0. The van der Waals surface area contributed by atoms with Gasteiger partial charge in [0.05, 0.1) is 24.4 Å². The first-order valence-electron chi connectivity index (χ1n) is 7.94. The van der Waals surface area contributed by atoms with E-state index in [1.165, 1.54) is 4.90 Å². The molecule has 0 saturated carbocycles. The molecule has 25 heavy (non-hydrogen) atoms. The fourth-order valence-corrected chi connectivity index (χ4v) is 4.08. The van der Waals surface area contributed by atoms with Gasteiger partial charge in [-0.15, -0.1) is 0 Å². The fourth-order valence-electron chi connectivity index (χ4n) is 2.64. The van der Waals surface area contributed by atoms with Crippen LogP contribution < -0.4 is 9.64 Å². The van der Waals surface area contributed by atoms with E-state index in [-0.39, 0.29) is 0 Å². The quantitative estimate of drug-likeness (QED) is 0.584. The highest BCUT2D eigenvalue weighted by atomic mass is 79.9. The number of Topliss-reactive ketones (excluding diaryl/α,β-unsaturated/α-hetero) is 1. The Bertz CT molecular complexity index is 831. The smallest absolute Gasteiger partial charge is 0.299 e. The largest absolute Gasteiger partial charge is 0.493 e. The fraction of sp³-hybridized carbons (Fsp3) is 0.263. The standard InChI is InChI=1S/C19H17Br2NO3/c1-11(2)10-25-14-5-3-12(4-6-14)9-22-17-15(18(23)19(22)24)7-13(20)8-16(17)21/h3-8,11H,9-10H2,1-2H3. The Morgan fingerprint density at radius 1 is 1.08 bits per heavy atom. The van der Waals surface area contributed by atoms with Crippen molar-refractivity contribution in [3.8, 4) is 5.75 Å². The number of hydrogen-bond acceptors (Lipinski definition) is 3. The van der Waals surface area contributed by atoms with E-state index < -0.39 is 11.7 Å². The first-order valence-corrected chi connectivity index (χ1v) is 9.52. The molecular formula is C19H17Br2NO3. The summed E-state index contributed by atoms with van der Waals surface area (Å²) >= 11 is 6.81. The van der Waals surface area contributed by atoms with E-state index in [0.29, 0.717) is 34.8 Å². The van der Waals surface area contributed by atoms with Crippen molar-refractivity contribution in [1.82, 2.24) is 0 Å². The maximum absolute atomic E-state index is 12.4. The SMILES string of the molecule is CC(C)COc1ccc(CN2C(=O)C(=O)c3cc(Br)cc(Br)c32)cc1. The minimum Gasteiger partial charge on any atom is -0.493 e. The van der Waals surface area contributed by atoms with E-state index >= 15 is 0 Å². The summed E-state index contributed by atoms with van der Waals surface area (Å²) < 4.78 is 7.14. The number of nitrogens with zero attached hydrogens (tertiary/aromatic N) is 1. The zero-order valence-corrected chi connectivity index (χ0v) is 17.1. The van der Waals surface area contributed by atoms with Gasteiger partial charge in [0.25, 0.3) is 11.7 Å². The Morgan fingerprint density at radius 3 is 2.40 bits per heavy atom. The van der Waals surface area contributed by atoms with Crippen molar-refractivity contribution in [3.63, 3.8) is 0 Å². The number of ether oxygens (including phenoxy) is 1. The Balaban J connectivity index is 1.82. The second kappa shape index (κ2) is 7.30. The number of carbonyl (C=O) groups is 2. The van der Waals surface area contributed by atoms with Crippen LogP contribution in [-0.2, 0) is 11.3 Å². The van der Waals surface area contributed by atoms with Gasteiger partial charge in [-0.05, 0) is 51.7 Å². The summed E-state index contributed by atoms with van der Waals surface area (Å²) in [5.74, 6) is 0.274. The average molecular weight is 467 g/mol. The maximum atomic E-state index is 12.4. The number of halogens is 2. The molecule has 0 N–H and O–H groups in total. The van der Waals surface area contributed by atoms with Crippen molar-refractivity contribution in [2.24, 2.45) is 5.92 Å². The molecule has 0 unspecified atom stereocenters. The lowest BCUT2D eigenvalue weighted by Gasteiger charge is -2.18. The molecule has 0 radical (unpaired) electrons. The molecule has 2 aromatic rings. The van der Waals surface area contributed by atoms with Gasteiger partial charge < -0.3 is 4.74 Å². The number of fused-ring (bicyclic) bond motifs is 1. The number of amides is 1. The van der Waals surface area contributed by atoms with Crippen LogP contribution in [0.1, 0.15) is 29.8 Å². The Labute approximate surface area is 163 Å². The molecule has 0 bridgehead atoms. The molecular weight excluding hydrogens is 450 g/mol. The number of hydrogen-bond donors (Lipinski definition) is 0. The van der Waals surface area contributed by atoms with Crippen molar-refractivity contribution >= 4 is 49.2 Å². The second-order valence-corrected chi connectivity index (χ2v) is 8.12. The van der Waals surface area contributed by atoms with Gasteiger partial charge in [0, 0.05) is 8.95 Å². The van der Waals surface area contributed by atoms with Crippen LogP contribution in [0.3, 0.4) is 0 Å².